The number of methoxy groups -OCH3 is 1. The van der Waals surface area contributed by atoms with Crippen molar-refractivity contribution in [1.82, 2.24) is 9.55 Å². The van der Waals surface area contributed by atoms with E-state index in [9.17, 15) is 9.59 Å². The van der Waals surface area contributed by atoms with Crippen LogP contribution in [0.15, 0.2) is 82.7 Å². The van der Waals surface area contributed by atoms with Gasteiger partial charge in [0.1, 0.15) is 5.75 Å². The third-order valence-corrected chi connectivity index (χ3v) is 6.10. The fraction of sp³-hybridized carbons (Fsp3) is 0.125. The number of nitrogens with zero attached hydrogens (tertiary/aromatic N) is 2. The fourth-order valence-electron chi connectivity index (χ4n) is 3.24. The number of ether oxygens (including phenoxy) is 1. The fourth-order valence-corrected chi connectivity index (χ4v) is 4.35. The molecule has 1 amide bonds. The van der Waals surface area contributed by atoms with Crippen molar-refractivity contribution in [3.05, 3.63) is 88.2 Å². The number of nitrogens with one attached hydrogen (secondary N) is 1. The van der Waals surface area contributed by atoms with Crippen molar-refractivity contribution in [1.29, 1.82) is 0 Å². The summed E-state index contributed by atoms with van der Waals surface area (Å²) in [6, 6.07) is 21.3. The molecule has 6 nitrogen and oxygen atoms in total. The Labute approximate surface area is 194 Å². The Morgan fingerprint density at radius 1 is 1.09 bits per heavy atom. The largest absolute Gasteiger partial charge is 0.495 e. The summed E-state index contributed by atoms with van der Waals surface area (Å²) in [5.41, 5.74) is 1.49. The van der Waals surface area contributed by atoms with Gasteiger partial charge in [0.15, 0.2) is 5.16 Å². The summed E-state index contributed by atoms with van der Waals surface area (Å²) in [4.78, 5) is 31.0. The van der Waals surface area contributed by atoms with Crippen molar-refractivity contribution in [3.8, 4) is 11.4 Å². The van der Waals surface area contributed by atoms with E-state index in [2.05, 4.69) is 5.32 Å². The molecule has 4 rings (SSSR count). The predicted molar refractivity (Wildman–Crippen MR) is 129 cm³/mol. The number of benzene rings is 3. The van der Waals surface area contributed by atoms with Gasteiger partial charge in [0.2, 0.25) is 5.91 Å². The standard InChI is InChI=1S/C24H20ClN3O3S/c1-15(22(29)26-17-9-7-8-16(25)14-17)32-24-27-19-11-4-3-10-18(19)23(30)28(24)20-12-5-6-13-21(20)31-2/h3-15H,1-2H3,(H,26,29). The van der Waals surface area contributed by atoms with Crippen molar-refractivity contribution in [2.24, 2.45) is 0 Å². The maximum Gasteiger partial charge on any atom is 0.266 e. The first-order chi connectivity index (χ1) is 15.5. The molecule has 0 radical (unpaired) electrons. The molecule has 162 valence electrons. The van der Waals surface area contributed by atoms with Gasteiger partial charge >= 0.3 is 0 Å². The number of halogens is 1. The molecule has 0 bridgehead atoms. The van der Waals surface area contributed by atoms with Crippen LogP contribution in [0.4, 0.5) is 5.69 Å². The molecule has 0 spiro atoms. The van der Waals surface area contributed by atoms with E-state index in [4.69, 9.17) is 21.3 Å². The Balaban J connectivity index is 1.76. The second-order valence-electron chi connectivity index (χ2n) is 6.98. The van der Waals surface area contributed by atoms with Crippen LogP contribution in [-0.2, 0) is 4.79 Å². The lowest BCUT2D eigenvalue weighted by atomic mass is 10.2. The second-order valence-corrected chi connectivity index (χ2v) is 8.73. The van der Waals surface area contributed by atoms with Crippen molar-refractivity contribution < 1.29 is 9.53 Å². The summed E-state index contributed by atoms with van der Waals surface area (Å²) < 4.78 is 6.97. The molecule has 3 aromatic carbocycles. The van der Waals surface area contributed by atoms with E-state index in [0.717, 1.165) is 0 Å². The van der Waals surface area contributed by atoms with Gasteiger partial charge in [0.05, 0.1) is 29.0 Å². The molecule has 1 N–H and O–H groups in total. The summed E-state index contributed by atoms with van der Waals surface area (Å²) >= 11 is 7.21. The number of anilines is 1. The van der Waals surface area contributed by atoms with E-state index in [0.29, 0.717) is 38.2 Å². The highest BCUT2D eigenvalue weighted by Gasteiger charge is 2.21. The first-order valence-corrected chi connectivity index (χ1v) is 11.1. The Bertz CT molecular complexity index is 1360. The molecule has 4 aromatic rings. The van der Waals surface area contributed by atoms with Crippen LogP contribution in [0.25, 0.3) is 16.6 Å². The zero-order valence-corrected chi connectivity index (χ0v) is 19.0. The maximum absolute atomic E-state index is 13.4. The quantitative estimate of drug-likeness (QED) is 0.314. The molecule has 0 saturated carbocycles. The van der Waals surface area contributed by atoms with E-state index < -0.39 is 5.25 Å². The summed E-state index contributed by atoms with van der Waals surface area (Å²) in [6.07, 6.45) is 0. The molecular weight excluding hydrogens is 446 g/mol. The minimum atomic E-state index is -0.539. The smallest absolute Gasteiger partial charge is 0.266 e. The van der Waals surface area contributed by atoms with Gasteiger partial charge in [-0.05, 0) is 49.4 Å². The summed E-state index contributed by atoms with van der Waals surface area (Å²) in [7, 11) is 1.55. The van der Waals surface area contributed by atoms with E-state index in [1.807, 2.05) is 18.2 Å². The van der Waals surface area contributed by atoms with Crippen LogP contribution < -0.4 is 15.6 Å². The topological polar surface area (TPSA) is 73.2 Å². The van der Waals surface area contributed by atoms with Crippen LogP contribution in [0.3, 0.4) is 0 Å². The van der Waals surface area contributed by atoms with Crippen molar-refractivity contribution in [2.75, 3.05) is 12.4 Å². The summed E-state index contributed by atoms with van der Waals surface area (Å²) in [6.45, 7) is 1.76. The third kappa shape index (κ3) is 4.49. The van der Waals surface area contributed by atoms with E-state index in [1.54, 1.807) is 68.6 Å². The maximum atomic E-state index is 13.4. The van der Waals surface area contributed by atoms with Crippen molar-refractivity contribution >= 4 is 45.9 Å². The number of para-hydroxylation sites is 3. The minimum absolute atomic E-state index is 0.230. The van der Waals surface area contributed by atoms with Gasteiger partial charge in [-0.3, -0.25) is 14.2 Å². The molecule has 0 aliphatic carbocycles. The van der Waals surface area contributed by atoms with Crippen LogP contribution >= 0.6 is 23.4 Å². The second kappa shape index (κ2) is 9.46. The number of carbonyl (C=O) groups is 1. The van der Waals surface area contributed by atoms with Gasteiger partial charge < -0.3 is 10.1 Å². The lowest BCUT2D eigenvalue weighted by Crippen LogP contribution is -2.26. The third-order valence-electron chi connectivity index (χ3n) is 4.81. The Hall–Kier alpha value is -3.29. The summed E-state index contributed by atoms with van der Waals surface area (Å²) in [5, 5.41) is 3.73. The average molecular weight is 466 g/mol. The highest BCUT2D eigenvalue weighted by Crippen LogP contribution is 2.29. The van der Waals surface area contributed by atoms with Gasteiger partial charge in [-0.2, -0.15) is 0 Å². The molecule has 1 atom stereocenters. The first kappa shape index (κ1) is 21.9. The zero-order chi connectivity index (χ0) is 22.7. The van der Waals surface area contributed by atoms with Crippen LogP contribution in [0.2, 0.25) is 5.02 Å². The van der Waals surface area contributed by atoms with E-state index in [1.165, 1.54) is 16.3 Å². The minimum Gasteiger partial charge on any atom is -0.495 e. The normalized spacial score (nSPS) is 11.8. The molecule has 0 saturated heterocycles. The zero-order valence-electron chi connectivity index (χ0n) is 17.4. The molecule has 32 heavy (non-hydrogen) atoms. The van der Waals surface area contributed by atoms with Gasteiger partial charge in [0, 0.05) is 10.7 Å². The van der Waals surface area contributed by atoms with Gasteiger partial charge in [0.25, 0.3) is 5.56 Å². The number of rotatable bonds is 6. The molecule has 1 unspecified atom stereocenters. The van der Waals surface area contributed by atoms with E-state index in [-0.39, 0.29) is 11.5 Å². The number of hydrogen-bond donors (Lipinski definition) is 1. The SMILES string of the molecule is COc1ccccc1-n1c(SC(C)C(=O)Nc2cccc(Cl)c2)nc2ccccc2c1=O. The average Bonchev–Trinajstić information content (AvgIpc) is 2.79. The monoisotopic (exact) mass is 465 g/mol. The van der Waals surface area contributed by atoms with Crippen LogP contribution in [0.1, 0.15) is 6.92 Å². The molecule has 1 aromatic heterocycles. The van der Waals surface area contributed by atoms with Gasteiger partial charge in [-0.25, -0.2) is 4.98 Å². The Morgan fingerprint density at radius 2 is 1.84 bits per heavy atom. The number of amides is 1. The Morgan fingerprint density at radius 3 is 2.62 bits per heavy atom. The lowest BCUT2D eigenvalue weighted by molar-refractivity contribution is -0.115. The number of fused-ring (bicyclic) bond motifs is 1. The molecule has 0 aliphatic heterocycles. The number of aromatic nitrogens is 2. The predicted octanol–water partition coefficient (Wildman–Crippen LogP) is 5.17. The molecule has 1 heterocycles. The van der Waals surface area contributed by atoms with Gasteiger partial charge in [-0.1, -0.05) is 53.7 Å². The van der Waals surface area contributed by atoms with Crippen LogP contribution in [0, 0.1) is 0 Å². The highest BCUT2D eigenvalue weighted by atomic mass is 35.5. The van der Waals surface area contributed by atoms with Crippen LogP contribution in [-0.4, -0.2) is 27.8 Å². The summed E-state index contributed by atoms with van der Waals surface area (Å²) in [5.74, 6) is 0.302. The Kier molecular flexibility index (Phi) is 6.48. The first-order valence-electron chi connectivity index (χ1n) is 9.86. The van der Waals surface area contributed by atoms with Gasteiger partial charge in [-0.15, -0.1) is 0 Å². The van der Waals surface area contributed by atoms with Crippen molar-refractivity contribution in [3.63, 3.8) is 0 Å². The van der Waals surface area contributed by atoms with Crippen molar-refractivity contribution in [2.45, 2.75) is 17.3 Å². The molecular formula is C24H20ClN3O3S. The number of carbonyl (C=O) groups excluding carboxylic acids is 1. The molecule has 0 fully saturated rings. The number of hydrogen-bond acceptors (Lipinski definition) is 5. The lowest BCUT2D eigenvalue weighted by Gasteiger charge is -2.18. The number of thioether (sulfide) groups is 1. The van der Waals surface area contributed by atoms with E-state index >= 15 is 0 Å². The molecule has 0 aliphatic rings. The molecule has 8 heteroatoms. The highest BCUT2D eigenvalue weighted by molar-refractivity contribution is 8.00. The van der Waals surface area contributed by atoms with Crippen LogP contribution in [0.5, 0.6) is 5.75 Å².